The molecule has 1 aromatic heterocycles. The van der Waals surface area contributed by atoms with Crippen molar-refractivity contribution in [2.75, 3.05) is 23.7 Å². The average molecular weight is 250 g/mol. The maximum atomic E-state index is 9.08. The summed E-state index contributed by atoms with van der Waals surface area (Å²) in [6, 6.07) is 2.16. The first kappa shape index (κ1) is 12.2. The SMILES string of the molecule is CC(C)(C)C1CCN(c2snc(N)c2C#N)C1. The molecule has 1 saturated heterocycles. The Bertz CT molecular complexity index is 452. The standard InChI is InChI=1S/C12H18N4S/c1-12(2,3)8-4-5-16(7-8)11-9(6-13)10(14)15-17-11/h8H,4-5,7H2,1-3H3,(H2,14,15). The Hall–Kier alpha value is -1.28. The number of hydrogen-bond acceptors (Lipinski definition) is 5. The summed E-state index contributed by atoms with van der Waals surface area (Å²) in [4.78, 5) is 2.25. The Morgan fingerprint density at radius 2 is 2.24 bits per heavy atom. The summed E-state index contributed by atoms with van der Waals surface area (Å²) in [6.45, 7) is 8.81. The summed E-state index contributed by atoms with van der Waals surface area (Å²) in [7, 11) is 0. The highest BCUT2D eigenvalue weighted by Crippen LogP contribution is 2.39. The smallest absolute Gasteiger partial charge is 0.157 e. The van der Waals surface area contributed by atoms with Crippen molar-refractivity contribution in [3.05, 3.63) is 5.56 Å². The van der Waals surface area contributed by atoms with Crippen LogP contribution in [0.2, 0.25) is 0 Å². The van der Waals surface area contributed by atoms with Crippen molar-refractivity contribution in [3.63, 3.8) is 0 Å². The lowest BCUT2D eigenvalue weighted by Crippen LogP contribution is -2.25. The van der Waals surface area contributed by atoms with Crippen LogP contribution in [0.5, 0.6) is 0 Å². The molecule has 0 aromatic carbocycles. The van der Waals surface area contributed by atoms with Gasteiger partial charge in [0, 0.05) is 13.1 Å². The van der Waals surface area contributed by atoms with E-state index in [2.05, 4.69) is 36.1 Å². The summed E-state index contributed by atoms with van der Waals surface area (Å²) in [6.07, 6.45) is 1.17. The van der Waals surface area contributed by atoms with Crippen LogP contribution in [-0.2, 0) is 0 Å². The van der Waals surface area contributed by atoms with E-state index in [1.54, 1.807) is 0 Å². The minimum Gasteiger partial charge on any atom is -0.382 e. The summed E-state index contributed by atoms with van der Waals surface area (Å²) >= 11 is 1.34. The lowest BCUT2D eigenvalue weighted by molar-refractivity contribution is 0.263. The van der Waals surface area contributed by atoms with Crippen molar-refractivity contribution in [2.45, 2.75) is 27.2 Å². The van der Waals surface area contributed by atoms with Crippen LogP contribution in [0.3, 0.4) is 0 Å². The number of rotatable bonds is 1. The Labute approximate surface area is 106 Å². The van der Waals surface area contributed by atoms with Crippen molar-refractivity contribution < 1.29 is 0 Å². The molecule has 0 spiro atoms. The largest absolute Gasteiger partial charge is 0.382 e. The lowest BCUT2D eigenvalue weighted by atomic mass is 9.80. The number of anilines is 2. The Morgan fingerprint density at radius 1 is 1.53 bits per heavy atom. The first-order chi connectivity index (χ1) is 7.93. The van der Waals surface area contributed by atoms with Gasteiger partial charge in [-0.1, -0.05) is 20.8 Å². The van der Waals surface area contributed by atoms with E-state index in [1.807, 2.05) is 0 Å². The van der Waals surface area contributed by atoms with Crippen LogP contribution >= 0.6 is 11.5 Å². The van der Waals surface area contributed by atoms with Crippen molar-refractivity contribution in [1.82, 2.24) is 4.37 Å². The van der Waals surface area contributed by atoms with Gasteiger partial charge in [0.15, 0.2) is 5.82 Å². The van der Waals surface area contributed by atoms with Gasteiger partial charge in [0.05, 0.1) is 0 Å². The third-order valence-electron chi connectivity index (χ3n) is 3.51. The molecular weight excluding hydrogens is 232 g/mol. The van der Waals surface area contributed by atoms with Crippen LogP contribution < -0.4 is 10.6 Å². The second-order valence-corrected chi connectivity index (χ2v) is 6.41. The molecule has 0 amide bonds. The van der Waals surface area contributed by atoms with E-state index in [1.165, 1.54) is 18.0 Å². The van der Waals surface area contributed by atoms with Crippen LogP contribution in [0.1, 0.15) is 32.8 Å². The molecule has 0 radical (unpaired) electrons. The Balaban J connectivity index is 2.19. The van der Waals surface area contributed by atoms with Gasteiger partial charge < -0.3 is 10.6 Å². The van der Waals surface area contributed by atoms with Crippen LogP contribution in [-0.4, -0.2) is 17.5 Å². The van der Waals surface area contributed by atoms with Gasteiger partial charge >= 0.3 is 0 Å². The predicted molar refractivity (Wildman–Crippen MR) is 71.0 cm³/mol. The molecule has 2 rings (SSSR count). The van der Waals surface area contributed by atoms with Gasteiger partial charge in [-0.15, -0.1) is 0 Å². The van der Waals surface area contributed by atoms with Crippen molar-refractivity contribution in [2.24, 2.45) is 11.3 Å². The predicted octanol–water partition coefficient (Wildman–Crippen LogP) is 2.47. The molecule has 1 aliphatic rings. The quantitative estimate of drug-likeness (QED) is 0.831. The van der Waals surface area contributed by atoms with Gasteiger partial charge in [-0.05, 0) is 29.3 Å². The number of nitrogen functional groups attached to an aromatic ring is 1. The minimum atomic E-state index is 0.317. The third-order valence-corrected chi connectivity index (χ3v) is 4.44. The summed E-state index contributed by atoms with van der Waals surface area (Å²) in [5, 5.41) is 10.0. The van der Waals surface area contributed by atoms with E-state index in [-0.39, 0.29) is 0 Å². The molecule has 1 fully saturated rings. The minimum absolute atomic E-state index is 0.317. The molecule has 1 aromatic rings. The molecule has 4 nitrogen and oxygen atoms in total. The van der Waals surface area contributed by atoms with E-state index in [9.17, 15) is 0 Å². The summed E-state index contributed by atoms with van der Waals surface area (Å²) in [5.41, 5.74) is 6.55. The van der Waals surface area contributed by atoms with Crippen LogP contribution in [0, 0.1) is 22.7 Å². The monoisotopic (exact) mass is 250 g/mol. The summed E-state index contributed by atoms with van der Waals surface area (Å²) in [5.74, 6) is 1.03. The number of nitrogens with zero attached hydrogens (tertiary/aromatic N) is 3. The van der Waals surface area contributed by atoms with Gasteiger partial charge in [-0.25, -0.2) is 0 Å². The van der Waals surface area contributed by atoms with Crippen molar-refractivity contribution in [1.29, 1.82) is 5.26 Å². The normalized spacial score (nSPS) is 20.6. The van der Waals surface area contributed by atoms with E-state index < -0.39 is 0 Å². The fraction of sp³-hybridized carbons (Fsp3) is 0.667. The van der Waals surface area contributed by atoms with Gasteiger partial charge in [0.1, 0.15) is 16.6 Å². The van der Waals surface area contributed by atoms with Gasteiger partial charge in [0.25, 0.3) is 0 Å². The zero-order chi connectivity index (χ0) is 12.6. The molecule has 0 bridgehead atoms. The molecule has 1 atom stereocenters. The number of hydrogen-bond donors (Lipinski definition) is 1. The molecule has 17 heavy (non-hydrogen) atoms. The Morgan fingerprint density at radius 3 is 2.76 bits per heavy atom. The Kier molecular flexibility index (Phi) is 3.00. The molecule has 2 heterocycles. The second-order valence-electron chi connectivity index (χ2n) is 5.66. The molecule has 5 heteroatoms. The average Bonchev–Trinajstić information content (AvgIpc) is 2.82. The molecule has 1 unspecified atom stereocenters. The number of nitrogens with two attached hydrogens (primary N) is 1. The molecule has 92 valence electrons. The van der Waals surface area contributed by atoms with Crippen LogP contribution in [0.25, 0.3) is 0 Å². The maximum Gasteiger partial charge on any atom is 0.157 e. The van der Waals surface area contributed by atoms with Gasteiger partial charge in [-0.2, -0.15) is 9.64 Å². The van der Waals surface area contributed by atoms with E-state index in [0.717, 1.165) is 18.1 Å². The lowest BCUT2D eigenvalue weighted by Gasteiger charge is -2.27. The molecule has 0 aliphatic carbocycles. The molecular formula is C12H18N4S. The number of aromatic nitrogens is 1. The summed E-state index contributed by atoms with van der Waals surface area (Å²) < 4.78 is 4.07. The highest BCUT2D eigenvalue weighted by atomic mass is 32.1. The van der Waals surface area contributed by atoms with E-state index in [4.69, 9.17) is 11.0 Å². The molecule has 0 saturated carbocycles. The first-order valence-corrected chi connectivity index (χ1v) is 6.61. The fourth-order valence-corrected chi connectivity index (χ4v) is 3.06. The molecule has 1 aliphatic heterocycles. The fourth-order valence-electron chi connectivity index (χ4n) is 2.27. The topological polar surface area (TPSA) is 65.9 Å². The van der Waals surface area contributed by atoms with Crippen molar-refractivity contribution >= 4 is 22.4 Å². The number of nitriles is 1. The molecule has 2 N–H and O–H groups in total. The zero-order valence-electron chi connectivity index (χ0n) is 10.5. The van der Waals surface area contributed by atoms with E-state index >= 15 is 0 Å². The third kappa shape index (κ3) is 2.22. The van der Waals surface area contributed by atoms with Gasteiger partial charge in [-0.3, -0.25) is 0 Å². The van der Waals surface area contributed by atoms with Crippen LogP contribution in [0.15, 0.2) is 0 Å². The highest BCUT2D eigenvalue weighted by Gasteiger charge is 2.33. The first-order valence-electron chi connectivity index (χ1n) is 5.83. The van der Waals surface area contributed by atoms with E-state index in [0.29, 0.717) is 22.7 Å². The van der Waals surface area contributed by atoms with Gasteiger partial charge in [0.2, 0.25) is 0 Å². The van der Waals surface area contributed by atoms with Crippen molar-refractivity contribution in [3.8, 4) is 6.07 Å². The second kappa shape index (κ2) is 4.19. The highest BCUT2D eigenvalue weighted by molar-refractivity contribution is 7.10. The maximum absolute atomic E-state index is 9.08. The zero-order valence-corrected chi connectivity index (χ0v) is 11.3. The van der Waals surface area contributed by atoms with Crippen LogP contribution in [0.4, 0.5) is 10.8 Å².